The van der Waals surface area contributed by atoms with Gasteiger partial charge in [-0.05, 0) is 69.9 Å². The Morgan fingerprint density at radius 1 is 1.10 bits per heavy atom. The number of hydrogen-bond donors (Lipinski definition) is 2. The van der Waals surface area contributed by atoms with Gasteiger partial charge in [-0.25, -0.2) is 4.39 Å². The van der Waals surface area contributed by atoms with Gasteiger partial charge in [-0.2, -0.15) is 0 Å². The number of Topliss-reactive ketones (excluding diaryl/α,β-unsaturated/α-hetero) is 1. The van der Waals surface area contributed by atoms with E-state index in [9.17, 15) is 18.8 Å². The molecule has 1 heterocycles. The number of nitrogens with zero attached hydrogens (tertiary/aromatic N) is 1. The molecule has 2 aromatic rings. The molecule has 0 spiro atoms. The molecular weight excluding hydrogens is 385 g/mol. The molecule has 1 fully saturated rings. The molecule has 7 heteroatoms. The average molecular weight is 413 g/mol. The number of anilines is 1. The number of rotatable bonds is 5. The molecule has 1 aromatic heterocycles. The van der Waals surface area contributed by atoms with Crippen molar-refractivity contribution < 1.29 is 18.8 Å². The predicted molar refractivity (Wildman–Crippen MR) is 113 cm³/mol. The van der Waals surface area contributed by atoms with E-state index in [0.717, 1.165) is 25.7 Å². The van der Waals surface area contributed by atoms with Crippen molar-refractivity contribution >= 4 is 23.3 Å². The third-order valence-electron chi connectivity index (χ3n) is 6.12. The second-order valence-electron chi connectivity index (χ2n) is 8.46. The zero-order chi connectivity index (χ0) is 22.2. The zero-order valence-electron chi connectivity index (χ0n) is 18.1. The molecule has 1 aliphatic rings. The molecule has 0 radical (unpaired) electrons. The maximum absolute atomic E-state index is 13.5. The molecule has 1 aromatic carbocycles. The molecule has 1 saturated carbocycles. The Hall–Kier alpha value is -2.96. The minimum Gasteiger partial charge on any atom is -0.344 e. The van der Waals surface area contributed by atoms with E-state index in [1.165, 1.54) is 12.1 Å². The van der Waals surface area contributed by atoms with Crippen molar-refractivity contribution in [2.75, 3.05) is 5.32 Å². The Morgan fingerprint density at radius 2 is 1.73 bits per heavy atom. The zero-order valence-corrected chi connectivity index (χ0v) is 18.1. The van der Waals surface area contributed by atoms with E-state index in [1.54, 1.807) is 38.5 Å². The van der Waals surface area contributed by atoms with Crippen LogP contribution in [-0.2, 0) is 11.8 Å². The van der Waals surface area contributed by atoms with E-state index < -0.39 is 17.6 Å². The maximum atomic E-state index is 13.5. The van der Waals surface area contributed by atoms with Crippen LogP contribution >= 0.6 is 0 Å². The first-order valence-corrected chi connectivity index (χ1v) is 10.1. The first kappa shape index (κ1) is 21.7. The second kappa shape index (κ2) is 8.05. The molecule has 1 aliphatic carbocycles. The number of benzene rings is 1. The van der Waals surface area contributed by atoms with Crippen LogP contribution in [0.4, 0.5) is 10.1 Å². The number of carbonyl (C=O) groups is 3. The quantitative estimate of drug-likeness (QED) is 0.575. The van der Waals surface area contributed by atoms with Crippen molar-refractivity contribution in [1.82, 2.24) is 9.88 Å². The molecule has 0 aliphatic heterocycles. The molecule has 0 saturated heterocycles. The molecule has 0 atom stereocenters. The van der Waals surface area contributed by atoms with Crippen LogP contribution in [0.25, 0.3) is 0 Å². The van der Waals surface area contributed by atoms with Crippen molar-refractivity contribution in [1.29, 1.82) is 0 Å². The summed E-state index contributed by atoms with van der Waals surface area (Å²) in [5.41, 5.74) is 2.08. The van der Waals surface area contributed by atoms with Gasteiger partial charge < -0.3 is 15.2 Å². The number of amides is 2. The molecule has 6 nitrogen and oxygen atoms in total. The van der Waals surface area contributed by atoms with Crippen LogP contribution in [0.15, 0.2) is 18.2 Å². The van der Waals surface area contributed by atoms with E-state index in [1.807, 2.05) is 6.92 Å². The number of carbonyl (C=O) groups excluding carboxylic acids is 3. The van der Waals surface area contributed by atoms with Crippen LogP contribution in [0.1, 0.15) is 70.3 Å². The van der Waals surface area contributed by atoms with E-state index in [4.69, 9.17) is 0 Å². The van der Waals surface area contributed by atoms with Crippen LogP contribution in [0.5, 0.6) is 0 Å². The number of aromatic nitrogens is 1. The van der Waals surface area contributed by atoms with Crippen molar-refractivity contribution in [2.45, 2.75) is 58.9 Å². The van der Waals surface area contributed by atoms with E-state index >= 15 is 0 Å². The van der Waals surface area contributed by atoms with E-state index in [0.29, 0.717) is 28.1 Å². The topological polar surface area (TPSA) is 80.2 Å². The Balaban J connectivity index is 1.86. The van der Waals surface area contributed by atoms with Crippen LogP contribution in [-0.4, -0.2) is 27.7 Å². The summed E-state index contributed by atoms with van der Waals surface area (Å²) in [5.74, 6) is -2.06. The Labute approximate surface area is 175 Å². The first-order valence-electron chi connectivity index (χ1n) is 10.1. The highest BCUT2D eigenvalue weighted by Gasteiger charge is 2.34. The summed E-state index contributed by atoms with van der Waals surface area (Å²) in [6.07, 6.45) is 3.75. The van der Waals surface area contributed by atoms with Gasteiger partial charge in [-0.15, -0.1) is 0 Å². The van der Waals surface area contributed by atoms with E-state index in [2.05, 4.69) is 10.6 Å². The molecule has 160 valence electrons. The molecule has 3 rings (SSSR count). The number of ketones is 1. The van der Waals surface area contributed by atoms with Crippen LogP contribution in [0.2, 0.25) is 0 Å². The van der Waals surface area contributed by atoms with Gasteiger partial charge in [0.2, 0.25) is 0 Å². The van der Waals surface area contributed by atoms with Crippen LogP contribution in [0.3, 0.4) is 0 Å². The number of aryl methyl sites for hydroxylation is 1. The fraction of sp³-hybridized carbons (Fsp3) is 0.435. The number of halogens is 1. The second-order valence-corrected chi connectivity index (χ2v) is 8.46. The lowest BCUT2D eigenvalue weighted by Crippen LogP contribution is -2.47. The van der Waals surface area contributed by atoms with Gasteiger partial charge in [0.05, 0.1) is 11.3 Å². The highest BCUT2D eigenvalue weighted by molar-refractivity contribution is 6.43. The van der Waals surface area contributed by atoms with Gasteiger partial charge in [-0.1, -0.05) is 12.8 Å². The lowest BCUT2D eigenvalue weighted by atomic mass is 10.00. The smallest absolute Gasteiger partial charge is 0.294 e. The largest absolute Gasteiger partial charge is 0.344 e. The van der Waals surface area contributed by atoms with Gasteiger partial charge in [0.15, 0.2) is 0 Å². The highest BCUT2D eigenvalue weighted by atomic mass is 19.1. The van der Waals surface area contributed by atoms with Gasteiger partial charge in [0.25, 0.3) is 17.6 Å². The minimum absolute atomic E-state index is 0.201. The van der Waals surface area contributed by atoms with Gasteiger partial charge in [-0.3, -0.25) is 14.4 Å². The van der Waals surface area contributed by atoms with Crippen molar-refractivity contribution in [3.63, 3.8) is 0 Å². The lowest BCUT2D eigenvalue weighted by Gasteiger charge is -2.24. The molecule has 30 heavy (non-hydrogen) atoms. The molecule has 2 amide bonds. The van der Waals surface area contributed by atoms with Gasteiger partial charge in [0.1, 0.15) is 5.82 Å². The van der Waals surface area contributed by atoms with Gasteiger partial charge in [0, 0.05) is 24.0 Å². The van der Waals surface area contributed by atoms with E-state index in [-0.39, 0.29) is 17.1 Å². The Morgan fingerprint density at radius 3 is 2.33 bits per heavy atom. The van der Waals surface area contributed by atoms with Crippen LogP contribution in [0, 0.1) is 26.6 Å². The number of hydrogen-bond acceptors (Lipinski definition) is 3. The van der Waals surface area contributed by atoms with Crippen molar-refractivity contribution in [2.24, 2.45) is 7.05 Å². The predicted octanol–water partition coefficient (Wildman–Crippen LogP) is 3.97. The monoisotopic (exact) mass is 413 g/mol. The van der Waals surface area contributed by atoms with Crippen molar-refractivity contribution in [3.8, 4) is 0 Å². The molecule has 0 unspecified atom stereocenters. The Bertz CT molecular complexity index is 1030. The fourth-order valence-corrected chi connectivity index (χ4v) is 4.27. The Kier molecular flexibility index (Phi) is 5.83. The molecule has 0 bridgehead atoms. The maximum Gasteiger partial charge on any atom is 0.294 e. The summed E-state index contributed by atoms with van der Waals surface area (Å²) in [7, 11) is 1.67. The third-order valence-corrected chi connectivity index (χ3v) is 6.12. The van der Waals surface area contributed by atoms with Crippen molar-refractivity contribution in [3.05, 3.63) is 52.1 Å². The highest BCUT2D eigenvalue weighted by Crippen LogP contribution is 2.29. The number of nitrogens with one attached hydrogen (secondary N) is 2. The summed E-state index contributed by atoms with van der Waals surface area (Å²) < 4.78 is 15.1. The lowest BCUT2D eigenvalue weighted by molar-refractivity contribution is -0.118. The fourth-order valence-electron chi connectivity index (χ4n) is 4.27. The first-order chi connectivity index (χ1) is 14.0. The average Bonchev–Trinajstić information content (AvgIpc) is 3.19. The summed E-state index contributed by atoms with van der Waals surface area (Å²) >= 11 is 0. The summed E-state index contributed by atoms with van der Waals surface area (Å²) in [5, 5.41) is 5.63. The summed E-state index contributed by atoms with van der Waals surface area (Å²) in [6.45, 7) is 6.96. The molecular formula is C23H28FN3O3. The summed E-state index contributed by atoms with van der Waals surface area (Å²) in [4.78, 5) is 38.5. The normalized spacial score (nSPS) is 15.1. The minimum atomic E-state index is -0.650. The SMILES string of the molecule is Cc1cc(NC(=O)c2c(C)c(C(=O)C(=O)NC3(C)CCCC3)n(C)c2C)ccc1F. The third kappa shape index (κ3) is 4.01. The van der Waals surface area contributed by atoms with Gasteiger partial charge >= 0.3 is 0 Å². The standard InChI is InChI=1S/C23H28FN3O3/c1-13-12-16(8-9-17(13)24)25-21(29)18-14(2)19(27(5)15(18)3)20(28)22(30)26-23(4)10-6-7-11-23/h8-9,12H,6-7,10-11H2,1-5H3,(H,25,29)(H,26,30). The summed E-state index contributed by atoms with van der Waals surface area (Å²) in [6, 6.07) is 4.32. The van der Waals surface area contributed by atoms with Crippen LogP contribution < -0.4 is 10.6 Å². The molecule has 2 N–H and O–H groups in total.